The van der Waals surface area contributed by atoms with E-state index >= 15 is 0 Å². The zero-order valence-corrected chi connectivity index (χ0v) is 15.4. The second-order valence-electron chi connectivity index (χ2n) is 6.90. The Labute approximate surface area is 159 Å². The molecule has 27 heavy (non-hydrogen) atoms. The smallest absolute Gasteiger partial charge is 0.238 e. The molecule has 0 bridgehead atoms. The van der Waals surface area contributed by atoms with E-state index in [0.717, 1.165) is 40.7 Å². The average molecular weight is 386 g/mol. The van der Waals surface area contributed by atoms with Crippen LogP contribution in [-0.4, -0.2) is 51.3 Å². The maximum atomic E-state index is 13.4. The molecule has 3 aliphatic rings. The molecule has 0 spiro atoms. The molecule has 5 heterocycles. The quantitative estimate of drug-likeness (QED) is 0.819. The van der Waals surface area contributed by atoms with E-state index in [1.54, 1.807) is 12.4 Å². The largest absolute Gasteiger partial charge is 0.609 e. The summed E-state index contributed by atoms with van der Waals surface area (Å²) in [5, 5.41) is 6.35. The van der Waals surface area contributed by atoms with E-state index in [1.165, 1.54) is 0 Å². The summed E-state index contributed by atoms with van der Waals surface area (Å²) in [6.07, 6.45) is 7.71. The van der Waals surface area contributed by atoms with E-state index in [-0.39, 0.29) is 0 Å². The van der Waals surface area contributed by atoms with Gasteiger partial charge in [-0.05, 0) is 18.6 Å². The van der Waals surface area contributed by atoms with Gasteiger partial charge in [-0.2, -0.15) is 5.10 Å². The molecular weight excluding hydrogens is 367 g/mol. The number of allylic oxidation sites excluding steroid dienone is 1. The van der Waals surface area contributed by atoms with Crippen molar-refractivity contribution in [2.24, 2.45) is 4.99 Å². The average Bonchev–Trinajstić information content (AvgIpc) is 3.43. The molecule has 1 N–H and O–H groups in total. The summed E-state index contributed by atoms with van der Waals surface area (Å²) in [4.78, 5) is 13.9. The summed E-state index contributed by atoms with van der Waals surface area (Å²) in [6, 6.07) is 3.78. The van der Waals surface area contributed by atoms with Crippen LogP contribution in [0.2, 0.25) is 0 Å². The van der Waals surface area contributed by atoms with E-state index in [1.807, 2.05) is 34.3 Å². The van der Waals surface area contributed by atoms with Crippen LogP contribution in [0, 0.1) is 0 Å². The van der Waals surface area contributed by atoms with Gasteiger partial charge in [0.25, 0.3) is 0 Å². The topological polar surface area (TPSA) is 83.5 Å². The Balaban J connectivity index is 1.36. The first kappa shape index (κ1) is 16.8. The van der Waals surface area contributed by atoms with Crippen molar-refractivity contribution in [3.05, 3.63) is 47.4 Å². The number of alkyl halides is 1. The van der Waals surface area contributed by atoms with Gasteiger partial charge in [-0.15, -0.1) is 0 Å². The highest BCUT2D eigenvalue weighted by Crippen LogP contribution is 2.39. The van der Waals surface area contributed by atoms with E-state index in [4.69, 9.17) is 4.99 Å². The molecule has 3 atom stereocenters. The van der Waals surface area contributed by atoms with Crippen molar-refractivity contribution in [1.82, 2.24) is 15.2 Å². The number of anilines is 2. The van der Waals surface area contributed by atoms with Crippen molar-refractivity contribution in [1.29, 1.82) is 0 Å². The number of H-pyrrole nitrogens is 1. The van der Waals surface area contributed by atoms with Crippen LogP contribution in [0.5, 0.6) is 0 Å². The number of hydrogen-bond donors (Lipinski definition) is 1. The first-order valence-corrected chi connectivity index (χ1v) is 10.2. The number of pyridine rings is 1. The molecule has 2 unspecified atom stereocenters. The second-order valence-corrected chi connectivity index (χ2v) is 8.38. The van der Waals surface area contributed by atoms with E-state index in [9.17, 15) is 8.94 Å². The van der Waals surface area contributed by atoms with Crippen molar-refractivity contribution in [3.63, 3.8) is 0 Å². The van der Waals surface area contributed by atoms with Gasteiger partial charge in [-0.3, -0.25) is 5.10 Å². The molecule has 140 valence electrons. The molecule has 9 heteroatoms. The Bertz CT molecular complexity index is 884. The van der Waals surface area contributed by atoms with Gasteiger partial charge in [0.05, 0.1) is 30.3 Å². The third-order valence-electron chi connectivity index (χ3n) is 5.17. The van der Waals surface area contributed by atoms with Gasteiger partial charge in [-0.25, -0.2) is 14.4 Å². The predicted octanol–water partition coefficient (Wildman–Crippen LogP) is 2.31. The SMILES string of the molecule is [O-][S+]1C2=CN(c3cn[nH]c3)CCC2=N[C@H]1c1ccc(N2CCC(F)C2)nc1. The Morgan fingerprint density at radius 2 is 2.19 bits per heavy atom. The van der Waals surface area contributed by atoms with Crippen LogP contribution in [0.4, 0.5) is 15.9 Å². The van der Waals surface area contributed by atoms with Crippen molar-refractivity contribution in [2.75, 3.05) is 29.4 Å². The fraction of sp³-hybridized carbons (Fsp3) is 0.389. The van der Waals surface area contributed by atoms with Gasteiger partial charge in [0.2, 0.25) is 5.37 Å². The number of aromatic nitrogens is 3. The summed E-state index contributed by atoms with van der Waals surface area (Å²) < 4.78 is 26.4. The number of halogens is 1. The van der Waals surface area contributed by atoms with Gasteiger partial charge < -0.3 is 14.4 Å². The molecule has 5 rings (SSSR count). The first-order valence-electron chi connectivity index (χ1n) is 8.99. The third-order valence-corrected chi connectivity index (χ3v) is 6.72. The molecule has 0 radical (unpaired) electrons. The first-order chi connectivity index (χ1) is 13.2. The summed E-state index contributed by atoms with van der Waals surface area (Å²) in [7, 11) is 0. The second kappa shape index (κ2) is 6.65. The number of rotatable bonds is 3. The molecular formula is C18H19FN6OS. The zero-order valence-electron chi connectivity index (χ0n) is 14.6. The predicted molar refractivity (Wildman–Crippen MR) is 103 cm³/mol. The highest BCUT2D eigenvalue weighted by Gasteiger charge is 2.41. The number of nitrogens with zero attached hydrogens (tertiary/aromatic N) is 5. The molecule has 1 fully saturated rings. The number of hydrogen-bond acceptors (Lipinski definition) is 6. The molecule has 2 aromatic heterocycles. The zero-order chi connectivity index (χ0) is 18.4. The van der Waals surface area contributed by atoms with Crippen molar-refractivity contribution in [2.45, 2.75) is 24.4 Å². The van der Waals surface area contributed by atoms with Crippen LogP contribution >= 0.6 is 0 Å². The molecule has 0 aliphatic carbocycles. The van der Waals surface area contributed by atoms with Gasteiger partial charge in [0.1, 0.15) is 12.0 Å². The minimum atomic E-state index is -1.25. The lowest BCUT2D eigenvalue weighted by Gasteiger charge is -2.23. The lowest BCUT2D eigenvalue weighted by atomic mass is 10.2. The summed E-state index contributed by atoms with van der Waals surface area (Å²) in [6.45, 7) is 1.85. The van der Waals surface area contributed by atoms with E-state index in [0.29, 0.717) is 19.5 Å². The number of aliphatic imine (C=N–C) groups is 1. The van der Waals surface area contributed by atoms with E-state index < -0.39 is 22.7 Å². The van der Waals surface area contributed by atoms with Crippen molar-refractivity contribution >= 4 is 28.4 Å². The maximum absolute atomic E-state index is 13.4. The number of nitrogens with one attached hydrogen (secondary N) is 1. The van der Waals surface area contributed by atoms with Crippen LogP contribution in [0.1, 0.15) is 23.8 Å². The van der Waals surface area contributed by atoms with Crippen molar-refractivity contribution < 1.29 is 8.94 Å². The fourth-order valence-corrected chi connectivity index (χ4v) is 5.16. The van der Waals surface area contributed by atoms with E-state index in [2.05, 4.69) is 15.2 Å². The van der Waals surface area contributed by atoms with Crippen LogP contribution < -0.4 is 9.80 Å². The Hall–Kier alpha value is -2.39. The summed E-state index contributed by atoms with van der Waals surface area (Å²) in [5.74, 6) is 0.762. The lowest BCUT2D eigenvalue weighted by Crippen LogP contribution is -2.27. The third kappa shape index (κ3) is 3.00. The summed E-state index contributed by atoms with van der Waals surface area (Å²) in [5.41, 5.74) is 2.68. The monoisotopic (exact) mass is 386 g/mol. The molecule has 0 saturated carbocycles. The molecule has 3 aliphatic heterocycles. The van der Waals surface area contributed by atoms with Gasteiger partial charge in [-0.1, -0.05) is 0 Å². The molecule has 7 nitrogen and oxygen atoms in total. The standard InChI is InChI=1S/C18H19FN6OS/c19-13-3-5-25(10-13)17-2-1-12(7-20-17)18-23-15-4-6-24(11-16(15)27(18)26)14-8-21-22-9-14/h1-2,7-9,11,13,18H,3-6,10H2,(H,21,22)/t13?,18-,27?/m1/s1. The van der Waals surface area contributed by atoms with Gasteiger partial charge >= 0.3 is 0 Å². The van der Waals surface area contributed by atoms with Crippen LogP contribution in [0.3, 0.4) is 0 Å². The minimum absolute atomic E-state index is 0.390. The minimum Gasteiger partial charge on any atom is -0.609 e. The molecule has 2 aromatic rings. The maximum Gasteiger partial charge on any atom is 0.238 e. The lowest BCUT2D eigenvalue weighted by molar-refractivity contribution is 0.364. The highest BCUT2D eigenvalue weighted by molar-refractivity contribution is 7.96. The normalized spacial score (nSPS) is 27.6. The van der Waals surface area contributed by atoms with Crippen molar-refractivity contribution in [3.8, 4) is 0 Å². The van der Waals surface area contributed by atoms with Crippen LogP contribution in [0.15, 0.2) is 46.8 Å². The Kier molecular flexibility index (Phi) is 4.13. The number of fused-ring (bicyclic) bond motifs is 1. The van der Waals surface area contributed by atoms with Gasteiger partial charge in [0.15, 0.2) is 4.91 Å². The molecule has 0 amide bonds. The number of aromatic amines is 1. The molecule has 1 saturated heterocycles. The Morgan fingerprint density at radius 3 is 2.89 bits per heavy atom. The Morgan fingerprint density at radius 1 is 1.26 bits per heavy atom. The molecule has 0 aromatic carbocycles. The highest BCUT2D eigenvalue weighted by atomic mass is 32.2. The fourth-order valence-electron chi connectivity index (χ4n) is 3.70. The summed E-state index contributed by atoms with van der Waals surface area (Å²) >= 11 is -1.25. The van der Waals surface area contributed by atoms with Crippen LogP contribution in [-0.2, 0) is 11.2 Å². The van der Waals surface area contributed by atoms with Crippen LogP contribution in [0.25, 0.3) is 0 Å². The van der Waals surface area contributed by atoms with Gasteiger partial charge in [0, 0.05) is 48.6 Å².